The van der Waals surface area contributed by atoms with Crippen LogP contribution in [0.15, 0.2) is 16.6 Å². The highest BCUT2D eigenvalue weighted by molar-refractivity contribution is 9.10. The van der Waals surface area contributed by atoms with E-state index in [1.165, 1.54) is 7.11 Å². The number of halogens is 1. The Morgan fingerprint density at radius 2 is 2.12 bits per heavy atom. The van der Waals surface area contributed by atoms with Crippen molar-refractivity contribution in [2.24, 2.45) is 5.92 Å². The summed E-state index contributed by atoms with van der Waals surface area (Å²) in [5, 5.41) is 3.30. The molecule has 4 heteroatoms. The maximum atomic E-state index is 11.7. The highest BCUT2D eigenvalue weighted by Gasteiger charge is 2.15. The molecule has 0 aliphatic rings. The number of hydrogen-bond acceptors (Lipinski definition) is 3. The number of methoxy groups -OCH3 is 1. The van der Waals surface area contributed by atoms with Crippen LogP contribution in [0, 0.1) is 12.8 Å². The van der Waals surface area contributed by atoms with Crippen molar-refractivity contribution in [1.82, 2.24) is 0 Å². The monoisotopic (exact) mass is 299 g/mol. The molecule has 0 heterocycles. The van der Waals surface area contributed by atoms with Gasteiger partial charge in [0.1, 0.15) is 0 Å². The van der Waals surface area contributed by atoms with Crippen LogP contribution in [0.3, 0.4) is 0 Å². The minimum Gasteiger partial charge on any atom is -0.465 e. The lowest BCUT2D eigenvalue weighted by Crippen LogP contribution is -2.14. The van der Waals surface area contributed by atoms with E-state index in [1.807, 2.05) is 13.0 Å². The van der Waals surface area contributed by atoms with Crippen LogP contribution in [0.5, 0.6) is 0 Å². The molecule has 0 saturated carbocycles. The first-order valence-corrected chi connectivity index (χ1v) is 6.37. The van der Waals surface area contributed by atoms with Crippen molar-refractivity contribution in [3.8, 4) is 0 Å². The predicted octanol–water partition coefficient (Wildman–Crippen LogP) is 3.61. The molecular weight excluding hydrogens is 282 g/mol. The zero-order valence-electron chi connectivity index (χ0n) is 10.6. The fourth-order valence-corrected chi connectivity index (χ4v) is 2.13. The average Bonchev–Trinajstić information content (AvgIpc) is 2.25. The third kappa shape index (κ3) is 3.73. The summed E-state index contributed by atoms with van der Waals surface area (Å²) in [7, 11) is 1.39. The van der Waals surface area contributed by atoms with Gasteiger partial charge in [-0.3, -0.25) is 0 Å². The Bertz CT molecular complexity index is 416. The summed E-state index contributed by atoms with van der Waals surface area (Å²) in [6.45, 7) is 7.05. The summed E-state index contributed by atoms with van der Waals surface area (Å²) in [4.78, 5) is 11.7. The second-order valence-electron chi connectivity index (χ2n) is 4.41. The highest BCUT2D eigenvalue weighted by Crippen LogP contribution is 2.26. The van der Waals surface area contributed by atoms with Crippen LogP contribution in [-0.4, -0.2) is 19.6 Å². The zero-order valence-corrected chi connectivity index (χ0v) is 12.2. The van der Waals surface area contributed by atoms with Gasteiger partial charge in [0.05, 0.1) is 18.4 Å². The zero-order chi connectivity index (χ0) is 13.0. The van der Waals surface area contributed by atoms with Gasteiger partial charge >= 0.3 is 5.97 Å². The summed E-state index contributed by atoms with van der Waals surface area (Å²) in [6.07, 6.45) is 0. The van der Waals surface area contributed by atoms with E-state index in [4.69, 9.17) is 4.74 Å². The molecule has 0 amide bonds. The van der Waals surface area contributed by atoms with Crippen LogP contribution < -0.4 is 5.32 Å². The van der Waals surface area contributed by atoms with Crippen LogP contribution in [0.2, 0.25) is 0 Å². The number of nitrogens with one attached hydrogen (secondary N) is 1. The van der Waals surface area contributed by atoms with E-state index < -0.39 is 0 Å². The molecule has 0 aliphatic heterocycles. The van der Waals surface area contributed by atoms with Gasteiger partial charge in [-0.25, -0.2) is 4.79 Å². The normalized spacial score (nSPS) is 10.5. The van der Waals surface area contributed by atoms with Gasteiger partial charge in [0.25, 0.3) is 0 Å². The molecule has 0 atom stereocenters. The predicted molar refractivity (Wildman–Crippen MR) is 73.5 cm³/mol. The number of hydrogen-bond donors (Lipinski definition) is 1. The number of carbonyl (C=O) groups is 1. The van der Waals surface area contributed by atoms with Crippen molar-refractivity contribution >= 4 is 27.6 Å². The fraction of sp³-hybridized carbons (Fsp3) is 0.462. The first-order chi connectivity index (χ1) is 7.95. The van der Waals surface area contributed by atoms with Gasteiger partial charge in [-0.05, 0) is 30.5 Å². The SMILES string of the molecule is COC(=O)c1cc(Br)cc(C)c1NCC(C)C. The third-order valence-corrected chi connectivity index (χ3v) is 2.85. The fourth-order valence-electron chi connectivity index (χ4n) is 1.55. The Morgan fingerprint density at radius 3 is 2.65 bits per heavy atom. The molecule has 3 nitrogen and oxygen atoms in total. The van der Waals surface area contributed by atoms with Crippen molar-refractivity contribution < 1.29 is 9.53 Å². The molecule has 17 heavy (non-hydrogen) atoms. The van der Waals surface area contributed by atoms with Crippen LogP contribution in [0.25, 0.3) is 0 Å². The number of carbonyl (C=O) groups excluding carboxylic acids is 1. The second kappa shape index (κ2) is 6.05. The molecule has 0 aliphatic carbocycles. The maximum absolute atomic E-state index is 11.7. The first kappa shape index (κ1) is 14.0. The lowest BCUT2D eigenvalue weighted by Gasteiger charge is -2.15. The largest absolute Gasteiger partial charge is 0.465 e. The van der Waals surface area contributed by atoms with Gasteiger partial charge < -0.3 is 10.1 Å². The van der Waals surface area contributed by atoms with Gasteiger partial charge in [-0.15, -0.1) is 0 Å². The first-order valence-electron chi connectivity index (χ1n) is 5.58. The molecule has 0 bridgehead atoms. The summed E-state index contributed by atoms with van der Waals surface area (Å²) >= 11 is 3.39. The molecule has 1 aromatic carbocycles. The van der Waals surface area contributed by atoms with E-state index in [0.717, 1.165) is 22.3 Å². The number of esters is 1. The topological polar surface area (TPSA) is 38.3 Å². The highest BCUT2D eigenvalue weighted by atomic mass is 79.9. The smallest absolute Gasteiger partial charge is 0.340 e. The molecule has 1 rings (SSSR count). The van der Waals surface area contributed by atoms with Gasteiger partial charge in [-0.1, -0.05) is 29.8 Å². The number of aryl methyl sites for hydroxylation is 1. The Hall–Kier alpha value is -1.03. The Morgan fingerprint density at radius 1 is 1.47 bits per heavy atom. The van der Waals surface area contributed by atoms with Crippen molar-refractivity contribution in [1.29, 1.82) is 0 Å². The Kier molecular flexibility index (Phi) is 5.00. The van der Waals surface area contributed by atoms with E-state index in [2.05, 4.69) is 35.1 Å². The lowest BCUT2D eigenvalue weighted by atomic mass is 10.1. The molecular formula is C13H18BrNO2. The molecule has 0 fully saturated rings. The number of ether oxygens (including phenoxy) is 1. The molecule has 0 unspecified atom stereocenters. The quantitative estimate of drug-likeness (QED) is 0.863. The standard InChI is InChI=1S/C13H18BrNO2/c1-8(2)7-15-12-9(3)5-10(14)6-11(12)13(16)17-4/h5-6,8,15H,7H2,1-4H3. The average molecular weight is 300 g/mol. The van der Waals surface area contributed by atoms with Gasteiger partial charge in [0, 0.05) is 11.0 Å². The summed E-state index contributed by atoms with van der Waals surface area (Å²) in [6, 6.07) is 3.76. The molecule has 0 aromatic heterocycles. The minimum atomic E-state index is -0.319. The van der Waals surface area contributed by atoms with Crippen LogP contribution >= 0.6 is 15.9 Å². The minimum absolute atomic E-state index is 0.319. The third-order valence-electron chi connectivity index (χ3n) is 2.39. The van der Waals surface area contributed by atoms with E-state index in [1.54, 1.807) is 6.07 Å². The summed E-state index contributed by atoms with van der Waals surface area (Å²) in [5.41, 5.74) is 2.45. The summed E-state index contributed by atoms with van der Waals surface area (Å²) < 4.78 is 5.67. The van der Waals surface area contributed by atoms with Gasteiger partial charge in [0.15, 0.2) is 0 Å². The van der Waals surface area contributed by atoms with E-state index in [0.29, 0.717) is 11.5 Å². The number of benzene rings is 1. The molecule has 0 saturated heterocycles. The van der Waals surface area contributed by atoms with Crippen molar-refractivity contribution in [2.45, 2.75) is 20.8 Å². The lowest BCUT2D eigenvalue weighted by molar-refractivity contribution is 0.0601. The number of rotatable bonds is 4. The molecule has 0 spiro atoms. The van der Waals surface area contributed by atoms with Gasteiger partial charge in [0.2, 0.25) is 0 Å². The van der Waals surface area contributed by atoms with Crippen LogP contribution in [-0.2, 0) is 4.74 Å². The van der Waals surface area contributed by atoms with Crippen molar-refractivity contribution in [3.05, 3.63) is 27.7 Å². The maximum Gasteiger partial charge on any atom is 0.340 e. The Balaban J connectivity index is 3.11. The van der Waals surface area contributed by atoms with Crippen molar-refractivity contribution in [3.63, 3.8) is 0 Å². The molecule has 94 valence electrons. The number of anilines is 1. The Labute approximate surface area is 111 Å². The molecule has 1 aromatic rings. The molecule has 0 radical (unpaired) electrons. The van der Waals surface area contributed by atoms with E-state index >= 15 is 0 Å². The van der Waals surface area contributed by atoms with E-state index in [9.17, 15) is 4.79 Å². The summed E-state index contributed by atoms with van der Waals surface area (Å²) in [5.74, 6) is 0.198. The van der Waals surface area contributed by atoms with Crippen LogP contribution in [0.1, 0.15) is 29.8 Å². The van der Waals surface area contributed by atoms with E-state index in [-0.39, 0.29) is 5.97 Å². The molecule has 1 N–H and O–H groups in total. The second-order valence-corrected chi connectivity index (χ2v) is 5.33. The van der Waals surface area contributed by atoms with Gasteiger partial charge in [-0.2, -0.15) is 0 Å². The van der Waals surface area contributed by atoms with Crippen molar-refractivity contribution in [2.75, 3.05) is 19.0 Å². The van der Waals surface area contributed by atoms with Crippen LogP contribution in [0.4, 0.5) is 5.69 Å².